The number of nitrogens with two attached hydrogens (primary N) is 1. The molecule has 0 saturated carbocycles. The highest BCUT2D eigenvalue weighted by atomic mass is 16.5. The molecule has 0 saturated heterocycles. The van der Waals surface area contributed by atoms with Gasteiger partial charge >= 0.3 is 0 Å². The van der Waals surface area contributed by atoms with Crippen molar-refractivity contribution in [1.29, 1.82) is 0 Å². The lowest BCUT2D eigenvalue weighted by Gasteiger charge is -2.18. The van der Waals surface area contributed by atoms with Gasteiger partial charge in [0.25, 0.3) is 0 Å². The molecule has 0 radical (unpaired) electrons. The third kappa shape index (κ3) is 2.11. The van der Waals surface area contributed by atoms with E-state index in [1.807, 2.05) is 55.9 Å². The first kappa shape index (κ1) is 12.6. The van der Waals surface area contributed by atoms with Crippen molar-refractivity contribution in [3.63, 3.8) is 0 Å². The first-order valence-corrected chi connectivity index (χ1v) is 5.92. The van der Waals surface area contributed by atoms with Crippen LogP contribution in [0, 0.1) is 6.92 Å². The molecule has 0 aliphatic heterocycles. The zero-order valence-electron chi connectivity index (χ0n) is 11.3. The summed E-state index contributed by atoms with van der Waals surface area (Å²) < 4.78 is 7.22. The van der Waals surface area contributed by atoms with E-state index in [9.17, 15) is 0 Å². The number of methoxy groups -OCH3 is 1. The van der Waals surface area contributed by atoms with Gasteiger partial charge in [0.1, 0.15) is 11.4 Å². The van der Waals surface area contributed by atoms with Gasteiger partial charge in [-0.05, 0) is 32.9 Å². The lowest BCUT2D eigenvalue weighted by Crippen LogP contribution is -2.29. The Hall–Kier alpha value is -1.81. The van der Waals surface area contributed by atoms with Crippen molar-refractivity contribution in [1.82, 2.24) is 9.78 Å². The molecule has 0 fully saturated rings. The van der Waals surface area contributed by atoms with Crippen molar-refractivity contribution in [2.24, 2.45) is 5.73 Å². The number of aromatic nitrogens is 2. The molecule has 0 atom stereocenters. The number of para-hydroxylation sites is 2. The van der Waals surface area contributed by atoms with E-state index < -0.39 is 5.54 Å². The van der Waals surface area contributed by atoms with Crippen LogP contribution in [0.1, 0.15) is 25.1 Å². The molecule has 0 aliphatic rings. The van der Waals surface area contributed by atoms with Crippen LogP contribution in [0.15, 0.2) is 30.5 Å². The maximum Gasteiger partial charge on any atom is 0.144 e. The van der Waals surface area contributed by atoms with Gasteiger partial charge in [-0.3, -0.25) is 0 Å². The van der Waals surface area contributed by atoms with Crippen molar-refractivity contribution in [2.45, 2.75) is 26.3 Å². The van der Waals surface area contributed by atoms with Gasteiger partial charge in [-0.1, -0.05) is 12.1 Å². The second kappa shape index (κ2) is 4.46. The van der Waals surface area contributed by atoms with E-state index in [0.29, 0.717) is 0 Å². The first-order chi connectivity index (χ1) is 8.45. The Bertz CT molecular complexity index is 552. The average molecular weight is 245 g/mol. The van der Waals surface area contributed by atoms with Gasteiger partial charge in [0.15, 0.2) is 0 Å². The van der Waals surface area contributed by atoms with E-state index in [1.165, 1.54) is 0 Å². The third-order valence-corrected chi connectivity index (χ3v) is 3.02. The number of ether oxygens (including phenoxy) is 1. The minimum atomic E-state index is -0.398. The quantitative estimate of drug-likeness (QED) is 0.903. The summed E-state index contributed by atoms with van der Waals surface area (Å²) in [6.07, 6.45) is 1.82. The summed E-state index contributed by atoms with van der Waals surface area (Å²) in [5, 5.41) is 4.42. The second-order valence-electron chi connectivity index (χ2n) is 4.95. The molecule has 2 rings (SSSR count). The standard InChI is InChI=1S/C14H19N3O/c1-10-11(14(2,3)15)9-16-17(10)12-7-5-6-8-13(12)18-4/h5-9H,15H2,1-4H3. The molecule has 0 aliphatic carbocycles. The summed E-state index contributed by atoms with van der Waals surface area (Å²) in [4.78, 5) is 0. The number of hydrogen-bond acceptors (Lipinski definition) is 3. The maximum atomic E-state index is 6.13. The summed E-state index contributed by atoms with van der Waals surface area (Å²) >= 11 is 0. The van der Waals surface area contributed by atoms with Crippen molar-refractivity contribution >= 4 is 0 Å². The smallest absolute Gasteiger partial charge is 0.144 e. The fourth-order valence-corrected chi connectivity index (χ4v) is 2.09. The molecular weight excluding hydrogens is 226 g/mol. The molecule has 2 N–H and O–H groups in total. The zero-order chi connectivity index (χ0) is 13.3. The highest BCUT2D eigenvalue weighted by Gasteiger charge is 2.21. The molecule has 0 spiro atoms. The van der Waals surface area contributed by atoms with Crippen LogP contribution < -0.4 is 10.5 Å². The normalized spacial score (nSPS) is 11.6. The van der Waals surface area contributed by atoms with E-state index in [2.05, 4.69) is 5.10 Å². The first-order valence-electron chi connectivity index (χ1n) is 5.92. The highest BCUT2D eigenvalue weighted by Crippen LogP contribution is 2.27. The predicted octanol–water partition coefficient (Wildman–Crippen LogP) is 2.38. The number of nitrogens with zero attached hydrogens (tertiary/aromatic N) is 2. The van der Waals surface area contributed by atoms with E-state index in [0.717, 1.165) is 22.7 Å². The predicted molar refractivity (Wildman–Crippen MR) is 72.1 cm³/mol. The van der Waals surface area contributed by atoms with Crippen molar-refractivity contribution in [2.75, 3.05) is 7.11 Å². The largest absolute Gasteiger partial charge is 0.494 e. The molecule has 0 unspecified atom stereocenters. The average Bonchev–Trinajstić information content (AvgIpc) is 2.70. The Morgan fingerprint density at radius 2 is 1.94 bits per heavy atom. The van der Waals surface area contributed by atoms with Crippen LogP contribution in [0.2, 0.25) is 0 Å². The van der Waals surface area contributed by atoms with Gasteiger partial charge in [-0.2, -0.15) is 5.10 Å². The Morgan fingerprint density at radius 3 is 2.50 bits per heavy atom. The Morgan fingerprint density at radius 1 is 1.28 bits per heavy atom. The molecule has 1 aromatic heterocycles. The minimum absolute atomic E-state index is 0.398. The summed E-state index contributed by atoms with van der Waals surface area (Å²) in [7, 11) is 1.66. The summed E-state index contributed by atoms with van der Waals surface area (Å²) in [5.74, 6) is 0.796. The van der Waals surface area contributed by atoms with Crippen LogP contribution >= 0.6 is 0 Å². The fraction of sp³-hybridized carbons (Fsp3) is 0.357. The molecule has 96 valence electrons. The fourth-order valence-electron chi connectivity index (χ4n) is 2.09. The van der Waals surface area contributed by atoms with Crippen molar-refractivity contribution in [3.8, 4) is 11.4 Å². The molecule has 1 heterocycles. The number of rotatable bonds is 3. The van der Waals surface area contributed by atoms with Crippen LogP contribution in [0.5, 0.6) is 5.75 Å². The number of benzene rings is 1. The minimum Gasteiger partial charge on any atom is -0.494 e. The lowest BCUT2D eigenvalue weighted by atomic mass is 9.97. The highest BCUT2D eigenvalue weighted by molar-refractivity contribution is 5.47. The van der Waals surface area contributed by atoms with Crippen LogP contribution in [0.3, 0.4) is 0 Å². The summed E-state index contributed by atoms with van der Waals surface area (Å²) in [6.45, 7) is 5.97. The molecular formula is C14H19N3O. The van der Waals surface area contributed by atoms with E-state index >= 15 is 0 Å². The molecule has 4 nitrogen and oxygen atoms in total. The van der Waals surface area contributed by atoms with Gasteiger partial charge < -0.3 is 10.5 Å². The van der Waals surface area contributed by atoms with E-state index in [4.69, 9.17) is 10.5 Å². The van der Waals surface area contributed by atoms with Crippen LogP contribution in [-0.2, 0) is 5.54 Å². The van der Waals surface area contributed by atoms with Gasteiger partial charge in [0.2, 0.25) is 0 Å². The van der Waals surface area contributed by atoms with Crippen molar-refractivity contribution in [3.05, 3.63) is 41.7 Å². The maximum absolute atomic E-state index is 6.13. The Labute approximate surface area is 107 Å². The zero-order valence-corrected chi connectivity index (χ0v) is 11.3. The Kier molecular flexibility index (Phi) is 3.13. The van der Waals surface area contributed by atoms with E-state index in [1.54, 1.807) is 7.11 Å². The topological polar surface area (TPSA) is 53.1 Å². The monoisotopic (exact) mass is 245 g/mol. The third-order valence-electron chi connectivity index (χ3n) is 3.02. The molecule has 2 aromatic rings. The molecule has 4 heteroatoms. The molecule has 1 aromatic carbocycles. The Balaban J connectivity index is 2.56. The van der Waals surface area contributed by atoms with Crippen LogP contribution in [-0.4, -0.2) is 16.9 Å². The van der Waals surface area contributed by atoms with Gasteiger partial charge in [-0.25, -0.2) is 4.68 Å². The van der Waals surface area contributed by atoms with Gasteiger partial charge in [0, 0.05) is 16.8 Å². The summed E-state index contributed by atoms with van der Waals surface area (Å²) in [5.41, 5.74) is 8.73. The van der Waals surface area contributed by atoms with Crippen molar-refractivity contribution < 1.29 is 4.74 Å². The van der Waals surface area contributed by atoms with Gasteiger partial charge in [0.05, 0.1) is 13.3 Å². The molecule has 0 bridgehead atoms. The summed E-state index contributed by atoms with van der Waals surface area (Å²) in [6, 6.07) is 7.80. The lowest BCUT2D eigenvalue weighted by molar-refractivity contribution is 0.411. The van der Waals surface area contributed by atoms with Crippen LogP contribution in [0.25, 0.3) is 5.69 Å². The van der Waals surface area contributed by atoms with Gasteiger partial charge in [-0.15, -0.1) is 0 Å². The SMILES string of the molecule is COc1ccccc1-n1ncc(C(C)(C)N)c1C. The number of hydrogen-bond donors (Lipinski definition) is 1. The second-order valence-corrected chi connectivity index (χ2v) is 4.95. The van der Waals surface area contributed by atoms with Crippen LogP contribution in [0.4, 0.5) is 0 Å². The molecule has 0 amide bonds. The van der Waals surface area contributed by atoms with E-state index in [-0.39, 0.29) is 0 Å². The molecule has 18 heavy (non-hydrogen) atoms.